The highest BCUT2D eigenvalue weighted by atomic mass is 32.1. The Balaban J connectivity index is 1.77. The lowest BCUT2D eigenvalue weighted by atomic mass is 10.1. The maximum atomic E-state index is 13.1. The van der Waals surface area contributed by atoms with Crippen molar-refractivity contribution in [1.82, 2.24) is 9.88 Å². The minimum atomic E-state index is -0.112. The number of aromatic nitrogens is 1. The number of carbonyl (C=O) groups is 1. The first-order valence-electron chi connectivity index (χ1n) is 10.1. The first-order chi connectivity index (χ1) is 14.4. The molecule has 0 unspecified atom stereocenters. The Morgan fingerprint density at radius 2 is 1.70 bits per heavy atom. The fourth-order valence-electron chi connectivity index (χ4n) is 3.12. The van der Waals surface area contributed by atoms with E-state index < -0.39 is 0 Å². The van der Waals surface area contributed by atoms with Gasteiger partial charge in [-0.2, -0.15) is 0 Å². The van der Waals surface area contributed by atoms with E-state index in [2.05, 4.69) is 30.9 Å². The van der Waals surface area contributed by atoms with E-state index >= 15 is 0 Å². The number of likely N-dealkylation sites (N-methyl/N-ethyl adjacent to an activating group) is 1. The van der Waals surface area contributed by atoms with Crippen molar-refractivity contribution in [3.05, 3.63) is 47.5 Å². The van der Waals surface area contributed by atoms with Gasteiger partial charge >= 0.3 is 0 Å². The average Bonchev–Trinajstić information content (AvgIpc) is 3.11. The van der Waals surface area contributed by atoms with Crippen LogP contribution in [0.3, 0.4) is 0 Å². The molecule has 30 heavy (non-hydrogen) atoms. The molecule has 3 aromatic rings. The third-order valence-electron chi connectivity index (χ3n) is 4.62. The van der Waals surface area contributed by atoms with Crippen LogP contribution < -0.4 is 14.4 Å². The smallest absolute Gasteiger partial charge is 0.266 e. The molecular formula is C23H29N3O3S. The molecule has 0 radical (unpaired) electrons. The van der Waals surface area contributed by atoms with Gasteiger partial charge in [0, 0.05) is 13.1 Å². The summed E-state index contributed by atoms with van der Waals surface area (Å²) < 4.78 is 12.3. The van der Waals surface area contributed by atoms with E-state index in [0.29, 0.717) is 24.0 Å². The van der Waals surface area contributed by atoms with E-state index in [4.69, 9.17) is 14.5 Å². The monoisotopic (exact) mass is 427 g/mol. The van der Waals surface area contributed by atoms with Crippen LogP contribution in [0.2, 0.25) is 0 Å². The summed E-state index contributed by atoms with van der Waals surface area (Å²) in [6, 6.07) is 11.5. The van der Waals surface area contributed by atoms with Gasteiger partial charge in [0.05, 0.1) is 16.8 Å². The van der Waals surface area contributed by atoms with Gasteiger partial charge in [-0.05, 0) is 76.3 Å². The lowest BCUT2D eigenvalue weighted by molar-refractivity contribution is -0.120. The summed E-state index contributed by atoms with van der Waals surface area (Å²) in [5.41, 5.74) is 3.27. The summed E-state index contributed by atoms with van der Waals surface area (Å²) in [6.45, 7) is 7.93. The Labute approximate surface area is 182 Å². The predicted octanol–water partition coefficient (Wildman–Crippen LogP) is 4.29. The fourth-order valence-corrected chi connectivity index (χ4v) is 4.31. The number of aryl methyl sites for hydroxylation is 2. The van der Waals surface area contributed by atoms with Gasteiger partial charge in [-0.1, -0.05) is 17.4 Å². The Bertz CT molecular complexity index is 999. The van der Waals surface area contributed by atoms with Gasteiger partial charge in [0.2, 0.25) is 0 Å². The number of amides is 1. The van der Waals surface area contributed by atoms with Crippen molar-refractivity contribution >= 4 is 32.6 Å². The predicted molar refractivity (Wildman–Crippen MR) is 123 cm³/mol. The topological polar surface area (TPSA) is 54.9 Å². The molecule has 1 aromatic heterocycles. The maximum absolute atomic E-state index is 13.1. The third-order valence-corrected chi connectivity index (χ3v) is 5.64. The Kier molecular flexibility index (Phi) is 7.29. The number of fused-ring (bicyclic) bond motifs is 1. The summed E-state index contributed by atoms with van der Waals surface area (Å²) in [6.07, 6.45) is 0. The molecule has 0 fully saturated rings. The van der Waals surface area contributed by atoms with Crippen molar-refractivity contribution in [2.75, 3.05) is 45.3 Å². The molecule has 7 heteroatoms. The largest absolute Gasteiger partial charge is 0.494 e. The van der Waals surface area contributed by atoms with E-state index in [9.17, 15) is 4.79 Å². The van der Waals surface area contributed by atoms with Crippen LogP contribution in [0.25, 0.3) is 10.2 Å². The Hall–Kier alpha value is -2.64. The second-order valence-electron chi connectivity index (χ2n) is 7.47. The molecule has 2 aromatic carbocycles. The van der Waals surface area contributed by atoms with Crippen LogP contribution in [0, 0.1) is 13.8 Å². The molecule has 0 atom stereocenters. The number of nitrogens with zero attached hydrogens (tertiary/aromatic N) is 3. The molecule has 0 spiro atoms. The number of rotatable bonds is 9. The molecule has 0 aliphatic rings. The molecule has 0 N–H and O–H groups in total. The number of hydrogen-bond acceptors (Lipinski definition) is 6. The van der Waals surface area contributed by atoms with Gasteiger partial charge in [0.15, 0.2) is 11.7 Å². The molecule has 0 bridgehead atoms. The molecular weight excluding hydrogens is 398 g/mol. The lowest BCUT2D eigenvalue weighted by Gasteiger charge is -2.22. The zero-order valence-corrected chi connectivity index (χ0v) is 19.1. The molecule has 0 saturated carbocycles. The van der Waals surface area contributed by atoms with Crippen LogP contribution in [0.15, 0.2) is 36.4 Å². The van der Waals surface area contributed by atoms with Crippen molar-refractivity contribution < 1.29 is 14.3 Å². The van der Waals surface area contributed by atoms with Gasteiger partial charge in [-0.3, -0.25) is 9.69 Å². The molecule has 0 saturated heterocycles. The van der Waals surface area contributed by atoms with Crippen LogP contribution >= 0.6 is 11.3 Å². The van der Waals surface area contributed by atoms with Crippen LogP contribution in [0.4, 0.5) is 5.13 Å². The number of anilines is 1. The summed E-state index contributed by atoms with van der Waals surface area (Å²) in [5, 5.41) is 0.709. The Morgan fingerprint density at radius 1 is 1.03 bits per heavy atom. The highest BCUT2D eigenvalue weighted by Crippen LogP contribution is 2.31. The summed E-state index contributed by atoms with van der Waals surface area (Å²) in [7, 11) is 3.98. The van der Waals surface area contributed by atoms with Crippen molar-refractivity contribution in [3.8, 4) is 11.5 Å². The highest BCUT2D eigenvalue weighted by Gasteiger charge is 2.21. The summed E-state index contributed by atoms with van der Waals surface area (Å²) >= 11 is 1.55. The van der Waals surface area contributed by atoms with Crippen LogP contribution in [0.5, 0.6) is 11.5 Å². The van der Waals surface area contributed by atoms with E-state index in [1.807, 2.05) is 45.3 Å². The zero-order chi connectivity index (χ0) is 21.7. The number of benzene rings is 2. The molecule has 6 nitrogen and oxygen atoms in total. The van der Waals surface area contributed by atoms with E-state index in [1.165, 1.54) is 5.56 Å². The normalized spacial score (nSPS) is 11.1. The second kappa shape index (κ2) is 9.91. The van der Waals surface area contributed by atoms with Gasteiger partial charge in [-0.25, -0.2) is 4.98 Å². The minimum absolute atomic E-state index is 0.0463. The number of carbonyl (C=O) groups excluding carboxylic acids is 1. The van der Waals surface area contributed by atoms with Gasteiger partial charge in [0.25, 0.3) is 5.91 Å². The minimum Gasteiger partial charge on any atom is -0.494 e. The quantitative estimate of drug-likeness (QED) is 0.510. The van der Waals surface area contributed by atoms with Gasteiger partial charge in [-0.15, -0.1) is 0 Å². The second-order valence-corrected chi connectivity index (χ2v) is 8.48. The molecule has 0 aliphatic heterocycles. The summed E-state index contributed by atoms with van der Waals surface area (Å²) in [4.78, 5) is 21.6. The summed E-state index contributed by atoms with van der Waals surface area (Å²) in [5.74, 6) is 1.30. The zero-order valence-electron chi connectivity index (χ0n) is 18.3. The Morgan fingerprint density at radius 3 is 2.33 bits per heavy atom. The molecule has 1 heterocycles. The van der Waals surface area contributed by atoms with Gasteiger partial charge < -0.3 is 14.4 Å². The molecule has 1 amide bonds. The molecule has 160 valence electrons. The molecule has 0 aliphatic carbocycles. The SMILES string of the molecule is CCOc1ccc(OCC(=O)N(CCN(C)C)c2nc3c(C)cc(C)cc3s2)cc1. The molecule has 3 rings (SSSR count). The van der Waals surface area contributed by atoms with Crippen molar-refractivity contribution in [2.45, 2.75) is 20.8 Å². The first-order valence-corrected chi connectivity index (χ1v) is 10.9. The van der Waals surface area contributed by atoms with Crippen molar-refractivity contribution in [1.29, 1.82) is 0 Å². The number of ether oxygens (including phenoxy) is 2. The van der Waals surface area contributed by atoms with E-state index in [-0.39, 0.29) is 12.5 Å². The number of hydrogen-bond donors (Lipinski definition) is 0. The maximum Gasteiger partial charge on any atom is 0.266 e. The first kappa shape index (κ1) is 22.1. The third kappa shape index (κ3) is 5.49. The number of thiazole rings is 1. The van der Waals surface area contributed by atoms with E-state index in [0.717, 1.165) is 28.1 Å². The lowest BCUT2D eigenvalue weighted by Crippen LogP contribution is -2.39. The highest BCUT2D eigenvalue weighted by molar-refractivity contribution is 7.22. The van der Waals surface area contributed by atoms with Crippen LogP contribution in [-0.4, -0.2) is 56.2 Å². The average molecular weight is 428 g/mol. The van der Waals surface area contributed by atoms with Gasteiger partial charge in [0.1, 0.15) is 11.5 Å². The van der Waals surface area contributed by atoms with Crippen molar-refractivity contribution in [2.24, 2.45) is 0 Å². The standard InChI is InChI=1S/C23H29N3O3S/c1-6-28-18-7-9-19(10-8-18)29-15-21(27)26(12-11-25(4)5)23-24-22-17(3)13-16(2)14-20(22)30-23/h7-10,13-14H,6,11-12,15H2,1-5H3. The van der Waals surface area contributed by atoms with Crippen LogP contribution in [0.1, 0.15) is 18.1 Å². The van der Waals surface area contributed by atoms with Crippen LogP contribution in [-0.2, 0) is 4.79 Å². The van der Waals surface area contributed by atoms with Crippen molar-refractivity contribution in [3.63, 3.8) is 0 Å². The van der Waals surface area contributed by atoms with E-state index in [1.54, 1.807) is 16.2 Å². The fraction of sp³-hybridized carbons (Fsp3) is 0.391.